The van der Waals surface area contributed by atoms with Crippen LogP contribution in [0.3, 0.4) is 0 Å². The number of rotatable bonds is 4. The summed E-state index contributed by atoms with van der Waals surface area (Å²) < 4.78 is 16.0. The first-order chi connectivity index (χ1) is 8.74. The largest absolute Gasteiger partial charge is 0.478 e. The number of hydrogen-bond donors (Lipinski definition) is 0. The van der Waals surface area contributed by atoms with E-state index < -0.39 is 0 Å². The van der Waals surface area contributed by atoms with Crippen molar-refractivity contribution in [3.05, 3.63) is 23.6 Å². The summed E-state index contributed by atoms with van der Waals surface area (Å²) in [6.07, 6.45) is 3.84. The standard InChI is InChI=1S/C13H18N2O3/c1-4-17-12-7-6-11(16-3)8-10(9-14)13(15-12)18-5-2/h6-7,11H,4-5,8H2,1-3H3/b7-6-,13-10-,15-12+. The maximum absolute atomic E-state index is 9.16. The molecule has 1 atom stereocenters. The molecule has 5 heteroatoms. The van der Waals surface area contributed by atoms with Crippen LogP contribution in [0.2, 0.25) is 0 Å². The molecule has 1 rings (SSSR count). The second-order valence-electron chi connectivity index (χ2n) is 3.55. The Morgan fingerprint density at radius 2 is 2.11 bits per heavy atom. The molecule has 0 aromatic rings. The van der Waals surface area contributed by atoms with Gasteiger partial charge in [-0.05, 0) is 19.9 Å². The highest BCUT2D eigenvalue weighted by Gasteiger charge is 2.16. The summed E-state index contributed by atoms with van der Waals surface area (Å²) in [6, 6.07) is 2.11. The van der Waals surface area contributed by atoms with E-state index in [1.165, 1.54) is 0 Å². The Morgan fingerprint density at radius 1 is 1.39 bits per heavy atom. The number of nitriles is 1. The minimum Gasteiger partial charge on any atom is -0.478 e. The van der Waals surface area contributed by atoms with Gasteiger partial charge < -0.3 is 14.2 Å². The molecule has 0 fully saturated rings. The number of aliphatic imine (C=N–C) groups is 1. The SMILES string of the molecule is CCOC1=C(\C#N)CC(OC)\C=C/C(OCC)=N\1. The molecule has 0 aliphatic carbocycles. The zero-order valence-electron chi connectivity index (χ0n) is 11.0. The third-order valence-electron chi connectivity index (χ3n) is 2.34. The molecule has 0 spiro atoms. The maximum Gasteiger partial charge on any atom is 0.230 e. The highest BCUT2D eigenvalue weighted by Crippen LogP contribution is 2.18. The van der Waals surface area contributed by atoms with Crippen molar-refractivity contribution in [2.45, 2.75) is 26.4 Å². The van der Waals surface area contributed by atoms with Gasteiger partial charge in [-0.1, -0.05) is 6.08 Å². The number of ether oxygens (including phenoxy) is 3. The van der Waals surface area contributed by atoms with Crippen molar-refractivity contribution in [2.75, 3.05) is 20.3 Å². The van der Waals surface area contributed by atoms with Gasteiger partial charge in [0.25, 0.3) is 0 Å². The zero-order valence-corrected chi connectivity index (χ0v) is 11.0. The molecule has 18 heavy (non-hydrogen) atoms. The van der Waals surface area contributed by atoms with Crippen LogP contribution in [0.4, 0.5) is 0 Å². The molecule has 0 N–H and O–H groups in total. The van der Waals surface area contributed by atoms with Crippen LogP contribution in [0.5, 0.6) is 0 Å². The Morgan fingerprint density at radius 3 is 2.67 bits per heavy atom. The average molecular weight is 250 g/mol. The predicted molar refractivity (Wildman–Crippen MR) is 67.9 cm³/mol. The zero-order chi connectivity index (χ0) is 13.4. The van der Waals surface area contributed by atoms with Gasteiger partial charge in [-0.25, -0.2) is 0 Å². The first kappa shape index (κ1) is 14.3. The lowest BCUT2D eigenvalue weighted by atomic mass is 10.1. The molecular weight excluding hydrogens is 232 g/mol. The van der Waals surface area contributed by atoms with Gasteiger partial charge in [0.2, 0.25) is 11.8 Å². The van der Waals surface area contributed by atoms with Crippen LogP contribution in [0.25, 0.3) is 0 Å². The van der Waals surface area contributed by atoms with Gasteiger partial charge in [-0.2, -0.15) is 10.3 Å². The highest BCUT2D eigenvalue weighted by atomic mass is 16.5. The lowest BCUT2D eigenvalue weighted by Crippen LogP contribution is -2.14. The Bertz CT molecular complexity index is 405. The summed E-state index contributed by atoms with van der Waals surface area (Å²) >= 11 is 0. The summed E-state index contributed by atoms with van der Waals surface area (Å²) in [7, 11) is 1.60. The topological polar surface area (TPSA) is 63.8 Å². The minimum atomic E-state index is -0.180. The van der Waals surface area contributed by atoms with Crippen LogP contribution < -0.4 is 0 Å². The molecule has 0 radical (unpaired) electrons. The minimum absolute atomic E-state index is 0.180. The molecule has 0 aromatic heterocycles. The Hall–Kier alpha value is -1.80. The fraction of sp³-hybridized carbons (Fsp3) is 0.538. The van der Waals surface area contributed by atoms with E-state index in [0.29, 0.717) is 37.0 Å². The smallest absolute Gasteiger partial charge is 0.230 e. The Kier molecular flexibility index (Phi) is 5.95. The van der Waals surface area contributed by atoms with E-state index >= 15 is 0 Å². The normalized spacial score (nSPS) is 28.3. The van der Waals surface area contributed by atoms with Crippen LogP contribution in [-0.2, 0) is 14.2 Å². The summed E-state index contributed by atoms with van der Waals surface area (Å²) in [4.78, 5) is 4.22. The third kappa shape index (κ3) is 3.90. The highest BCUT2D eigenvalue weighted by molar-refractivity contribution is 5.88. The van der Waals surface area contributed by atoms with E-state index in [0.717, 1.165) is 0 Å². The molecule has 98 valence electrons. The fourth-order valence-corrected chi connectivity index (χ4v) is 1.49. The van der Waals surface area contributed by atoms with Crippen LogP contribution in [0, 0.1) is 11.3 Å². The first-order valence-electron chi connectivity index (χ1n) is 5.93. The Labute approximate surface area is 107 Å². The lowest BCUT2D eigenvalue weighted by Gasteiger charge is -2.15. The van der Waals surface area contributed by atoms with Gasteiger partial charge in [-0.15, -0.1) is 0 Å². The van der Waals surface area contributed by atoms with E-state index in [1.807, 2.05) is 19.9 Å². The molecule has 1 aliphatic heterocycles. The monoisotopic (exact) mass is 250 g/mol. The van der Waals surface area contributed by atoms with Gasteiger partial charge >= 0.3 is 0 Å². The molecule has 0 amide bonds. The van der Waals surface area contributed by atoms with Crippen molar-refractivity contribution in [2.24, 2.45) is 4.99 Å². The fourth-order valence-electron chi connectivity index (χ4n) is 1.49. The second kappa shape index (κ2) is 7.51. The molecule has 0 saturated carbocycles. The van der Waals surface area contributed by atoms with Crippen molar-refractivity contribution in [3.63, 3.8) is 0 Å². The third-order valence-corrected chi connectivity index (χ3v) is 2.34. The maximum atomic E-state index is 9.16. The lowest BCUT2D eigenvalue weighted by molar-refractivity contribution is 0.138. The molecule has 1 aliphatic rings. The number of nitrogens with zero attached hydrogens (tertiary/aromatic N) is 2. The second-order valence-corrected chi connectivity index (χ2v) is 3.55. The van der Waals surface area contributed by atoms with E-state index in [1.54, 1.807) is 13.2 Å². The number of methoxy groups -OCH3 is 1. The van der Waals surface area contributed by atoms with Crippen LogP contribution in [0.15, 0.2) is 28.6 Å². The van der Waals surface area contributed by atoms with Gasteiger partial charge in [0, 0.05) is 13.5 Å². The van der Waals surface area contributed by atoms with Crippen molar-refractivity contribution in [1.29, 1.82) is 5.26 Å². The first-order valence-corrected chi connectivity index (χ1v) is 5.93. The van der Waals surface area contributed by atoms with E-state index in [9.17, 15) is 0 Å². The van der Waals surface area contributed by atoms with E-state index in [2.05, 4.69) is 11.1 Å². The van der Waals surface area contributed by atoms with Crippen LogP contribution in [0.1, 0.15) is 20.3 Å². The summed E-state index contributed by atoms with van der Waals surface area (Å²) in [6.45, 7) is 4.67. The van der Waals surface area contributed by atoms with Crippen molar-refractivity contribution in [1.82, 2.24) is 0 Å². The quantitative estimate of drug-likeness (QED) is 0.767. The van der Waals surface area contributed by atoms with Gasteiger partial charge in [0.15, 0.2) is 0 Å². The summed E-state index contributed by atoms with van der Waals surface area (Å²) in [5.74, 6) is 0.741. The van der Waals surface area contributed by atoms with Crippen molar-refractivity contribution < 1.29 is 14.2 Å². The molecule has 1 unspecified atom stereocenters. The number of hydrogen-bond acceptors (Lipinski definition) is 5. The van der Waals surface area contributed by atoms with Gasteiger partial charge in [0.1, 0.15) is 6.07 Å². The van der Waals surface area contributed by atoms with Gasteiger partial charge in [-0.3, -0.25) is 0 Å². The molecular formula is C13H18N2O3. The molecule has 5 nitrogen and oxygen atoms in total. The molecule has 0 saturated heterocycles. The van der Waals surface area contributed by atoms with E-state index in [-0.39, 0.29) is 6.10 Å². The molecule has 1 heterocycles. The van der Waals surface area contributed by atoms with Crippen molar-refractivity contribution in [3.8, 4) is 6.07 Å². The predicted octanol–water partition coefficient (Wildman–Crippen LogP) is 2.17. The van der Waals surface area contributed by atoms with Crippen LogP contribution >= 0.6 is 0 Å². The summed E-state index contributed by atoms with van der Waals surface area (Å²) in [5, 5.41) is 9.16. The van der Waals surface area contributed by atoms with Crippen LogP contribution in [-0.4, -0.2) is 32.3 Å². The Balaban J connectivity index is 3.13. The summed E-state index contributed by atoms with van der Waals surface area (Å²) in [5.41, 5.74) is 0.463. The molecule has 0 aromatic carbocycles. The average Bonchev–Trinajstić information content (AvgIpc) is 2.36. The molecule has 0 bridgehead atoms. The van der Waals surface area contributed by atoms with E-state index in [4.69, 9.17) is 19.5 Å². The van der Waals surface area contributed by atoms with Crippen molar-refractivity contribution >= 4 is 5.90 Å². The van der Waals surface area contributed by atoms with Gasteiger partial charge in [0.05, 0.1) is 24.9 Å².